The molecule has 0 unspecified atom stereocenters. The number of nitrogens with two attached hydrogens (primary N) is 1. The van der Waals surface area contributed by atoms with E-state index in [2.05, 4.69) is 29.4 Å². The quantitative estimate of drug-likeness (QED) is 0.629. The van der Waals surface area contributed by atoms with Crippen molar-refractivity contribution >= 4 is 28.6 Å². The van der Waals surface area contributed by atoms with Gasteiger partial charge in [0, 0.05) is 5.56 Å². The summed E-state index contributed by atoms with van der Waals surface area (Å²) < 4.78 is 5.73. The smallest absolute Gasteiger partial charge is 0.283 e. The van der Waals surface area contributed by atoms with E-state index in [-0.39, 0.29) is 5.91 Å². The Labute approximate surface area is 139 Å². The molecule has 0 aliphatic carbocycles. The Bertz CT molecular complexity index is 710. The number of ether oxygens (including phenoxy) is 1. The van der Waals surface area contributed by atoms with Gasteiger partial charge in [-0.05, 0) is 25.0 Å². The minimum absolute atomic E-state index is 0.325. The number of hydrogen-bond donors (Lipinski definition) is 2. The van der Waals surface area contributed by atoms with E-state index < -0.39 is 0 Å². The van der Waals surface area contributed by atoms with Crippen LogP contribution in [0.15, 0.2) is 29.4 Å². The Balaban J connectivity index is 2.03. The lowest BCUT2D eigenvalue weighted by Gasteiger charge is -2.10. The van der Waals surface area contributed by atoms with Gasteiger partial charge in [-0.15, -0.1) is 0 Å². The number of anilines is 1. The molecule has 0 saturated heterocycles. The highest BCUT2D eigenvalue weighted by Gasteiger charge is 2.13. The van der Waals surface area contributed by atoms with E-state index in [1.807, 2.05) is 24.3 Å². The number of nitrogens with one attached hydrogen (secondary N) is 1. The number of nitrogens with zero attached hydrogens (tertiary/aromatic N) is 2. The van der Waals surface area contributed by atoms with Crippen LogP contribution >= 0.6 is 11.3 Å². The molecule has 0 radical (unpaired) electrons. The number of aryl methyl sites for hydroxylation is 1. The molecule has 0 aliphatic heterocycles. The number of rotatable bonds is 6. The molecular formula is C16H20N4O2S. The normalized spacial score (nSPS) is 11.1. The van der Waals surface area contributed by atoms with Gasteiger partial charge in [0.15, 0.2) is 5.13 Å². The monoisotopic (exact) mass is 332 g/mol. The van der Waals surface area contributed by atoms with Crippen LogP contribution in [0.5, 0.6) is 5.75 Å². The van der Waals surface area contributed by atoms with E-state index in [4.69, 9.17) is 10.5 Å². The van der Waals surface area contributed by atoms with Crippen LogP contribution < -0.4 is 15.9 Å². The molecule has 3 N–H and O–H groups in total. The van der Waals surface area contributed by atoms with E-state index >= 15 is 0 Å². The second kappa shape index (κ2) is 7.73. The number of carbonyl (C=O) groups excluding carboxylic acids is 1. The van der Waals surface area contributed by atoms with Crippen LogP contribution in [0.25, 0.3) is 0 Å². The van der Waals surface area contributed by atoms with Crippen molar-refractivity contribution in [2.24, 2.45) is 11.0 Å². The first-order valence-corrected chi connectivity index (χ1v) is 8.07. The van der Waals surface area contributed by atoms with E-state index in [0.717, 1.165) is 22.6 Å². The fourth-order valence-corrected chi connectivity index (χ4v) is 2.54. The molecule has 23 heavy (non-hydrogen) atoms. The lowest BCUT2D eigenvalue weighted by Crippen LogP contribution is -2.17. The third kappa shape index (κ3) is 4.79. The Morgan fingerprint density at radius 1 is 1.48 bits per heavy atom. The molecule has 1 amide bonds. The van der Waals surface area contributed by atoms with E-state index in [1.165, 1.54) is 0 Å². The van der Waals surface area contributed by atoms with Gasteiger partial charge in [-0.2, -0.15) is 5.10 Å². The number of aromatic nitrogens is 1. The van der Waals surface area contributed by atoms with Gasteiger partial charge in [0.25, 0.3) is 5.91 Å². The summed E-state index contributed by atoms with van der Waals surface area (Å²) in [5, 5.41) is 4.35. The number of amides is 1. The van der Waals surface area contributed by atoms with Crippen molar-refractivity contribution in [3.63, 3.8) is 0 Å². The Morgan fingerprint density at radius 2 is 2.22 bits per heavy atom. The van der Waals surface area contributed by atoms with Crippen LogP contribution in [0, 0.1) is 12.8 Å². The lowest BCUT2D eigenvalue weighted by atomic mass is 10.2. The topological polar surface area (TPSA) is 89.6 Å². The Hall–Kier alpha value is -2.41. The predicted molar refractivity (Wildman–Crippen MR) is 93.1 cm³/mol. The van der Waals surface area contributed by atoms with Gasteiger partial charge < -0.3 is 10.5 Å². The molecule has 0 bridgehead atoms. The molecule has 1 aromatic carbocycles. The maximum Gasteiger partial charge on any atom is 0.283 e. The molecule has 0 atom stereocenters. The van der Waals surface area contributed by atoms with Gasteiger partial charge in [-0.3, -0.25) is 4.79 Å². The lowest BCUT2D eigenvalue weighted by molar-refractivity contribution is 0.0958. The van der Waals surface area contributed by atoms with Crippen molar-refractivity contribution in [3.8, 4) is 5.75 Å². The van der Waals surface area contributed by atoms with Gasteiger partial charge in [-0.1, -0.05) is 37.3 Å². The number of thiazole rings is 1. The van der Waals surface area contributed by atoms with Gasteiger partial charge >= 0.3 is 0 Å². The van der Waals surface area contributed by atoms with Crippen molar-refractivity contribution in [3.05, 3.63) is 40.4 Å². The van der Waals surface area contributed by atoms with Crippen molar-refractivity contribution in [2.45, 2.75) is 20.8 Å². The molecular weight excluding hydrogens is 312 g/mol. The highest BCUT2D eigenvalue weighted by molar-refractivity contribution is 7.17. The van der Waals surface area contributed by atoms with E-state index in [9.17, 15) is 4.79 Å². The van der Waals surface area contributed by atoms with Crippen molar-refractivity contribution < 1.29 is 9.53 Å². The number of hydrazone groups is 1. The number of benzene rings is 1. The first kappa shape index (κ1) is 17.0. The molecule has 2 rings (SSSR count). The second-order valence-electron chi connectivity index (χ2n) is 5.41. The molecule has 7 heteroatoms. The summed E-state index contributed by atoms with van der Waals surface area (Å²) in [6, 6.07) is 7.54. The van der Waals surface area contributed by atoms with Crippen LogP contribution in [-0.2, 0) is 0 Å². The zero-order chi connectivity index (χ0) is 16.8. The molecule has 1 aromatic heterocycles. The average molecular weight is 332 g/mol. The van der Waals surface area contributed by atoms with E-state index in [0.29, 0.717) is 28.2 Å². The van der Waals surface area contributed by atoms with Crippen molar-refractivity contribution in [1.29, 1.82) is 0 Å². The SMILES string of the molecule is Cc1nc(N)sc1C(=O)N/N=C/c1ccccc1OCC(C)C. The van der Waals surface area contributed by atoms with Crippen molar-refractivity contribution in [1.82, 2.24) is 10.4 Å². The van der Waals surface area contributed by atoms with Gasteiger partial charge in [0.1, 0.15) is 10.6 Å². The van der Waals surface area contributed by atoms with Crippen molar-refractivity contribution in [2.75, 3.05) is 12.3 Å². The second-order valence-corrected chi connectivity index (χ2v) is 6.44. The van der Waals surface area contributed by atoms with E-state index in [1.54, 1.807) is 13.1 Å². The fraction of sp³-hybridized carbons (Fsp3) is 0.312. The summed E-state index contributed by atoms with van der Waals surface area (Å²) in [5.41, 5.74) is 9.47. The minimum Gasteiger partial charge on any atom is -0.493 e. The van der Waals surface area contributed by atoms with Crippen LogP contribution in [0.3, 0.4) is 0 Å². The largest absolute Gasteiger partial charge is 0.493 e. The molecule has 6 nitrogen and oxygen atoms in total. The number of hydrogen-bond acceptors (Lipinski definition) is 6. The third-order valence-corrected chi connectivity index (χ3v) is 3.87. The standard InChI is InChI=1S/C16H20N4O2S/c1-10(2)9-22-13-7-5-4-6-12(13)8-18-20-15(21)14-11(3)19-16(17)23-14/h4-8,10H,9H2,1-3H3,(H2,17,19)(H,20,21)/b18-8+. The summed E-state index contributed by atoms with van der Waals surface area (Å²) >= 11 is 1.14. The first-order chi connectivity index (χ1) is 11.0. The summed E-state index contributed by atoms with van der Waals surface area (Å²) in [4.78, 5) is 16.5. The van der Waals surface area contributed by atoms with Gasteiger partial charge in [0.05, 0.1) is 18.5 Å². The first-order valence-electron chi connectivity index (χ1n) is 7.25. The maximum absolute atomic E-state index is 12.0. The Kier molecular flexibility index (Phi) is 5.70. The summed E-state index contributed by atoms with van der Waals surface area (Å²) in [6.07, 6.45) is 1.56. The average Bonchev–Trinajstić information content (AvgIpc) is 2.85. The maximum atomic E-state index is 12.0. The van der Waals surface area contributed by atoms with Gasteiger partial charge in [-0.25, -0.2) is 10.4 Å². The number of nitrogen functional groups attached to an aromatic ring is 1. The summed E-state index contributed by atoms with van der Waals surface area (Å²) in [7, 11) is 0. The minimum atomic E-state index is -0.325. The zero-order valence-electron chi connectivity index (χ0n) is 13.4. The Morgan fingerprint density at radius 3 is 2.87 bits per heavy atom. The predicted octanol–water partition coefficient (Wildman–Crippen LogP) is 2.83. The van der Waals surface area contributed by atoms with Gasteiger partial charge in [0.2, 0.25) is 0 Å². The third-order valence-electron chi connectivity index (χ3n) is 2.88. The molecule has 1 heterocycles. The molecule has 122 valence electrons. The molecule has 0 saturated carbocycles. The highest BCUT2D eigenvalue weighted by atomic mass is 32.1. The van der Waals surface area contributed by atoms with Crippen LogP contribution in [0.1, 0.15) is 34.8 Å². The summed E-state index contributed by atoms with van der Waals surface area (Å²) in [6.45, 7) is 6.52. The summed E-state index contributed by atoms with van der Waals surface area (Å²) in [5.74, 6) is 0.838. The van der Waals surface area contributed by atoms with Crippen LogP contribution in [0.2, 0.25) is 0 Å². The number of carbonyl (C=O) groups is 1. The molecule has 0 fully saturated rings. The molecule has 0 aliphatic rings. The fourth-order valence-electron chi connectivity index (χ4n) is 1.81. The number of para-hydroxylation sites is 1. The highest BCUT2D eigenvalue weighted by Crippen LogP contribution is 2.19. The van der Waals surface area contributed by atoms with Crippen LogP contribution in [0.4, 0.5) is 5.13 Å². The molecule has 0 spiro atoms. The molecule has 2 aromatic rings. The van der Waals surface area contributed by atoms with Crippen LogP contribution in [-0.4, -0.2) is 23.7 Å². The zero-order valence-corrected chi connectivity index (χ0v) is 14.2.